The lowest BCUT2D eigenvalue weighted by Crippen LogP contribution is -2.35. The maximum absolute atomic E-state index is 12.5. The van der Waals surface area contributed by atoms with Crippen LogP contribution in [0.1, 0.15) is 50.4 Å². The van der Waals surface area contributed by atoms with Gasteiger partial charge in [-0.3, -0.25) is 4.79 Å². The fourth-order valence-electron chi connectivity index (χ4n) is 4.51. The van der Waals surface area contributed by atoms with Crippen LogP contribution in [-0.2, 0) is 25.9 Å². The Balaban J connectivity index is 0.000000178. The lowest BCUT2D eigenvalue weighted by atomic mass is 9.99. The molecule has 5 nitrogen and oxygen atoms in total. The van der Waals surface area contributed by atoms with Crippen molar-refractivity contribution in [3.05, 3.63) is 138 Å². The zero-order valence-electron chi connectivity index (χ0n) is 21.4. The number of benzene rings is 4. The number of carbonyl (C=O) groups is 2. The van der Waals surface area contributed by atoms with E-state index in [1.54, 1.807) is 18.2 Å². The largest absolute Gasteiger partial charge is 0.478 e. The second-order valence-electron chi connectivity index (χ2n) is 9.27. The molecular formula is C33H34I2N2O3. The number of carboxylic acids is 1. The second kappa shape index (κ2) is 15.9. The van der Waals surface area contributed by atoms with Gasteiger partial charge in [-0.25, -0.2) is 4.79 Å². The summed E-state index contributed by atoms with van der Waals surface area (Å²) in [7, 11) is 0. The zero-order valence-corrected chi connectivity index (χ0v) is 25.8. The highest BCUT2D eigenvalue weighted by molar-refractivity contribution is 14.1. The molecule has 0 saturated carbocycles. The minimum atomic E-state index is -0.876. The minimum Gasteiger partial charge on any atom is -0.478 e. The van der Waals surface area contributed by atoms with Crippen LogP contribution in [0.15, 0.2) is 97.1 Å². The molecule has 0 unspecified atom stereocenters. The van der Waals surface area contributed by atoms with Crippen molar-refractivity contribution in [3.63, 3.8) is 0 Å². The topological polar surface area (TPSA) is 69.6 Å². The van der Waals surface area contributed by atoms with Gasteiger partial charge in [-0.1, -0.05) is 68.1 Å². The summed E-state index contributed by atoms with van der Waals surface area (Å²) in [5, 5.41) is 11.8. The van der Waals surface area contributed by atoms with Gasteiger partial charge in [0.1, 0.15) is 0 Å². The van der Waals surface area contributed by atoms with Crippen LogP contribution in [0, 0.1) is 7.14 Å². The molecule has 4 aromatic rings. The van der Waals surface area contributed by atoms with Crippen LogP contribution in [0.4, 0.5) is 0 Å². The second-order valence-corrected chi connectivity index (χ2v) is 11.8. The lowest BCUT2D eigenvalue weighted by Gasteiger charge is -2.29. The highest BCUT2D eigenvalue weighted by atomic mass is 127. The van der Waals surface area contributed by atoms with Crippen LogP contribution in [0.3, 0.4) is 0 Å². The number of nitrogens with one attached hydrogen (secondary N) is 1. The molecule has 0 aromatic heterocycles. The number of carbonyl (C=O) groups excluding carboxylic acids is 1. The Hall–Kier alpha value is -2.76. The van der Waals surface area contributed by atoms with Crippen molar-refractivity contribution < 1.29 is 14.7 Å². The van der Waals surface area contributed by atoms with E-state index in [1.165, 1.54) is 28.7 Å². The molecular weight excluding hydrogens is 726 g/mol. The van der Waals surface area contributed by atoms with Crippen molar-refractivity contribution in [2.45, 2.75) is 33.4 Å². The molecule has 0 bridgehead atoms. The molecule has 1 amide bonds. The predicted molar refractivity (Wildman–Crippen MR) is 179 cm³/mol. The Morgan fingerprint density at radius 3 is 1.82 bits per heavy atom. The maximum Gasteiger partial charge on any atom is 0.335 e. The average Bonchev–Trinajstić information content (AvgIpc) is 2.97. The number of hydrogen-bond acceptors (Lipinski definition) is 3. The summed E-state index contributed by atoms with van der Waals surface area (Å²) < 4.78 is 2.04. The lowest BCUT2D eigenvalue weighted by molar-refractivity contribution is 0.0695. The fourth-order valence-corrected chi connectivity index (χ4v) is 5.60. The smallest absolute Gasteiger partial charge is 0.335 e. The summed E-state index contributed by atoms with van der Waals surface area (Å²) in [5.41, 5.74) is 6.75. The number of hydrogen-bond donors (Lipinski definition) is 2. The standard InChI is InChI=1S/C16H14INO.C9H11N.C7H5IO2.CH4/c17-15-7-3-6-13(10-15)16(19)18-9-8-12-4-1-2-5-14(12)11-18;1-2-4-9-7-10-6-5-8(9)3-1;8-6-3-1-2-5(4-6)7(9)10;/h1-7,10H,8-9,11H2;1-4,10H,5-7H2;1-4H,(H,9,10);1H4. The third kappa shape index (κ3) is 9.14. The molecule has 2 heterocycles. The van der Waals surface area contributed by atoms with Crippen LogP contribution >= 0.6 is 45.2 Å². The van der Waals surface area contributed by atoms with E-state index in [0.29, 0.717) is 5.56 Å². The van der Waals surface area contributed by atoms with E-state index in [4.69, 9.17) is 5.11 Å². The van der Waals surface area contributed by atoms with Gasteiger partial charge in [0, 0.05) is 32.3 Å². The third-order valence-corrected chi connectivity index (χ3v) is 7.91. The fraction of sp³-hybridized carbons (Fsp3) is 0.212. The SMILES string of the molecule is C.O=C(O)c1cccc(I)c1.O=C(c1cccc(I)c1)N1CCc2ccccc2C1.c1ccc2c(c1)CCNC2. The number of aromatic carboxylic acids is 1. The van der Waals surface area contributed by atoms with Gasteiger partial charge in [0.2, 0.25) is 0 Å². The molecule has 0 fully saturated rings. The molecule has 2 aliphatic heterocycles. The van der Waals surface area contributed by atoms with Crippen molar-refractivity contribution >= 4 is 57.1 Å². The minimum absolute atomic E-state index is 0. The van der Waals surface area contributed by atoms with E-state index in [0.717, 1.165) is 45.3 Å². The summed E-state index contributed by atoms with van der Waals surface area (Å²) in [6, 6.07) is 31.6. The van der Waals surface area contributed by atoms with Gasteiger partial charge in [-0.15, -0.1) is 0 Å². The molecule has 7 heteroatoms. The zero-order chi connectivity index (χ0) is 27.6. The van der Waals surface area contributed by atoms with Gasteiger partial charge < -0.3 is 15.3 Å². The van der Waals surface area contributed by atoms with Gasteiger partial charge in [0.15, 0.2) is 0 Å². The average molecular weight is 760 g/mol. The maximum atomic E-state index is 12.5. The quantitative estimate of drug-likeness (QED) is 0.209. The number of fused-ring (bicyclic) bond motifs is 2. The van der Waals surface area contributed by atoms with Gasteiger partial charge >= 0.3 is 5.97 Å². The molecule has 0 atom stereocenters. The predicted octanol–water partition coefficient (Wildman–Crippen LogP) is 7.45. The molecule has 208 valence electrons. The normalized spacial score (nSPS) is 13.1. The molecule has 40 heavy (non-hydrogen) atoms. The first kappa shape index (κ1) is 31.8. The Kier molecular flexibility index (Phi) is 12.6. The Bertz CT molecular complexity index is 1420. The summed E-state index contributed by atoms with van der Waals surface area (Å²) in [6.45, 7) is 3.72. The highest BCUT2D eigenvalue weighted by Gasteiger charge is 2.21. The summed E-state index contributed by atoms with van der Waals surface area (Å²) in [5.74, 6) is -0.744. The van der Waals surface area contributed by atoms with E-state index < -0.39 is 5.97 Å². The van der Waals surface area contributed by atoms with Gasteiger partial charge in [0.25, 0.3) is 5.91 Å². The highest BCUT2D eigenvalue weighted by Crippen LogP contribution is 2.21. The number of halogens is 2. The molecule has 4 aromatic carbocycles. The number of carboxylic acid groups (broad SMARTS) is 1. The molecule has 2 aliphatic rings. The summed E-state index contributed by atoms with van der Waals surface area (Å²) in [6.07, 6.45) is 2.14. The first-order chi connectivity index (χ1) is 18.9. The number of rotatable bonds is 2. The first-order valence-corrected chi connectivity index (χ1v) is 14.9. The van der Waals surface area contributed by atoms with Crippen molar-refractivity contribution in [2.75, 3.05) is 13.1 Å². The van der Waals surface area contributed by atoms with E-state index >= 15 is 0 Å². The van der Waals surface area contributed by atoms with E-state index in [-0.39, 0.29) is 13.3 Å². The number of amides is 1. The van der Waals surface area contributed by atoms with Crippen LogP contribution in [0.2, 0.25) is 0 Å². The van der Waals surface area contributed by atoms with Gasteiger partial charge in [-0.05, 0) is 123 Å². The van der Waals surface area contributed by atoms with Crippen molar-refractivity contribution in [3.8, 4) is 0 Å². The first-order valence-electron chi connectivity index (χ1n) is 12.8. The summed E-state index contributed by atoms with van der Waals surface area (Å²) >= 11 is 4.31. The third-order valence-electron chi connectivity index (χ3n) is 6.57. The molecule has 0 radical (unpaired) electrons. The number of nitrogens with zero attached hydrogens (tertiary/aromatic N) is 1. The van der Waals surface area contributed by atoms with Crippen LogP contribution in [0.5, 0.6) is 0 Å². The van der Waals surface area contributed by atoms with Gasteiger partial charge in [-0.2, -0.15) is 0 Å². The molecule has 6 rings (SSSR count). The van der Waals surface area contributed by atoms with Crippen LogP contribution in [-0.4, -0.2) is 35.0 Å². The molecule has 0 aliphatic carbocycles. The van der Waals surface area contributed by atoms with Crippen molar-refractivity contribution in [2.24, 2.45) is 0 Å². The Morgan fingerprint density at radius 2 is 1.25 bits per heavy atom. The molecule has 2 N–H and O–H groups in total. The summed E-state index contributed by atoms with van der Waals surface area (Å²) in [4.78, 5) is 24.8. The van der Waals surface area contributed by atoms with E-state index in [9.17, 15) is 9.59 Å². The van der Waals surface area contributed by atoms with E-state index in [1.807, 2.05) is 41.3 Å². The molecule has 0 saturated heterocycles. The monoisotopic (exact) mass is 760 g/mol. The Morgan fingerprint density at radius 1 is 0.700 bits per heavy atom. The van der Waals surface area contributed by atoms with E-state index in [2.05, 4.69) is 93.0 Å². The van der Waals surface area contributed by atoms with Crippen molar-refractivity contribution in [1.82, 2.24) is 10.2 Å². The molecule has 0 spiro atoms. The van der Waals surface area contributed by atoms with Crippen LogP contribution < -0.4 is 5.32 Å². The Labute approximate surface area is 264 Å². The van der Waals surface area contributed by atoms with Crippen LogP contribution in [0.25, 0.3) is 0 Å². The van der Waals surface area contributed by atoms with Gasteiger partial charge in [0.05, 0.1) is 5.56 Å². The van der Waals surface area contributed by atoms with Crippen molar-refractivity contribution in [1.29, 1.82) is 0 Å².